The molecule has 3 nitrogen and oxygen atoms in total. The first-order chi connectivity index (χ1) is 16.4. The van der Waals surface area contributed by atoms with Gasteiger partial charge >= 0.3 is 0 Å². The predicted octanol–water partition coefficient (Wildman–Crippen LogP) is 8.62. The molecule has 5 rings (SSSR count). The minimum absolute atomic E-state index is 0. The van der Waals surface area contributed by atoms with Gasteiger partial charge in [-0.1, -0.05) is 62.4 Å². The van der Waals surface area contributed by atoms with Crippen molar-refractivity contribution in [3.8, 4) is 11.3 Å². The molecule has 0 aliphatic carbocycles. The first-order valence-corrected chi connectivity index (χ1v) is 12.5. The Labute approximate surface area is 221 Å². The smallest absolute Gasteiger partial charge is 0.207 e. The minimum Gasteiger partial charge on any atom is -0.231 e. The summed E-state index contributed by atoms with van der Waals surface area (Å²) < 4.78 is 13.5. The van der Waals surface area contributed by atoms with Gasteiger partial charge in [-0.05, 0) is 65.8 Å². The highest BCUT2D eigenvalue weighted by atomic mass is 79.9. The Balaban J connectivity index is 0.00000289. The molecule has 6 heteroatoms. The van der Waals surface area contributed by atoms with Crippen LogP contribution < -0.4 is 5.01 Å². The molecule has 3 aromatic carbocycles. The van der Waals surface area contributed by atoms with Gasteiger partial charge < -0.3 is 0 Å². The third kappa shape index (κ3) is 5.24. The fraction of sp³-hybridized carbons (Fsp3) is 0.241. The summed E-state index contributed by atoms with van der Waals surface area (Å²) in [6.45, 7) is 8.66. The van der Waals surface area contributed by atoms with Crippen LogP contribution in [0.5, 0.6) is 0 Å². The van der Waals surface area contributed by atoms with Crippen LogP contribution in [0.2, 0.25) is 0 Å². The molecule has 180 valence electrons. The molecule has 1 unspecified atom stereocenters. The maximum atomic E-state index is 13.5. The van der Waals surface area contributed by atoms with Crippen LogP contribution in [-0.4, -0.2) is 10.7 Å². The van der Waals surface area contributed by atoms with Crippen LogP contribution in [0.3, 0.4) is 0 Å². The maximum absolute atomic E-state index is 13.5. The minimum atomic E-state index is -0.238. The zero-order chi connectivity index (χ0) is 23.8. The number of thiazole rings is 1. The number of aryl methyl sites for hydroxylation is 2. The normalized spacial score (nSPS) is 15.3. The lowest BCUT2D eigenvalue weighted by Gasteiger charge is -2.21. The topological polar surface area (TPSA) is 28.5 Å². The van der Waals surface area contributed by atoms with Crippen molar-refractivity contribution < 1.29 is 4.39 Å². The van der Waals surface area contributed by atoms with Gasteiger partial charge in [-0.3, -0.25) is 0 Å². The summed E-state index contributed by atoms with van der Waals surface area (Å²) in [5.41, 5.74) is 9.02. The first-order valence-electron chi connectivity index (χ1n) is 11.6. The summed E-state index contributed by atoms with van der Waals surface area (Å²) in [6.07, 6.45) is 0.741. The second-order valence-corrected chi connectivity index (χ2v) is 10.1. The van der Waals surface area contributed by atoms with Crippen molar-refractivity contribution in [3.05, 3.63) is 106 Å². The molecule has 1 atom stereocenters. The van der Waals surface area contributed by atoms with Crippen molar-refractivity contribution in [1.82, 2.24) is 4.98 Å². The predicted molar refractivity (Wildman–Crippen MR) is 151 cm³/mol. The molecular formula is C29H29BrFN3S. The van der Waals surface area contributed by atoms with E-state index in [0.717, 1.165) is 34.1 Å². The number of hydrogen-bond acceptors (Lipinski definition) is 4. The Bertz CT molecular complexity index is 1340. The van der Waals surface area contributed by atoms with Crippen LogP contribution in [0.15, 0.2) is 77.2 Å². The number of hydrazone groups is 1. The van der Waals surface area contributed by atoms with Gasteiger partial charge in [-0.15, -0.1) is 28.3 Å². The Morgan fingerprint density at radius 1 is 0.914 bits per heavy atom. The summed E-state index contributed by atoms with van der Waals surface area (Å²) in [5, 5.41) is 9.99. The van der Waals surface area contributed by atoms with Crippen LogP contribution in [0.4, 0.5) is 9.52 Å². The number of nitrogens with zero attached hydrogens (tertiary/aromatic N) is 3. The number of hydrogen-bond donors (Lipinski definition) is 0. The quantitative estimate of drug-likeness (QED) is 0.249. The summed E-state index contributed by atoms with van der Waals surface area (Å²) in [6, 6.07) is 21.9. The highest BCUT2D eigenvalue weighted by molar-refractivity contribution is 8.93. The van der Waals surface area contributed by atoms with Crippen LogP contribution in [0.25, 0.3) is 11.3 Å². The zero-order valence-electron chi connectivity index (χ0n) is 20.3. The Morgan fingerprint density at radius 2 is 1.60 bits per heavy atom. The lowest BCUT2D eigenvalue weighted by molar-refractivity contribution is 0.627. The average molecular weight is 551 g/mol. The van der Waals surface area contributed by atoms with Crippen molar-refractivity contribution in [1.29, 1.82) is 0 Å². The van der Waals surface area contributed by atoms with Gasteiger partial charge in [-0.25, -0.2) is 14.4 Å². The number of anilines is 1. The Hall–Kier alpha value is -2.83. The SMILES string of the molecule is Br.Cc1ccc(-c2csc(N3N=C(c4ccc(F)cc4)CC3c3ccc(C(C)C)cc3)n2)cc1C. The fourth-order valence-corrected chi connectivity index (χ4v) is 5.10. The molecule has 0 amide bonds. The standard InChI is InChI=1S/C29H28FN3S.BrH/c1-18(2)21-7-9-23(10-8-21)28-16-26(22-11-13-25(30)14-12-22)32-33(28)29-31-27(17-34-29)24-6-5-19(3)20(4)15-24;/h5-15,17-18,28H,16H2,1-4H3;1H. The van der Waals surface area contributed by atoms with Crippen LogP contribution in [-0.2, 0) is 0 Å². The third-order valence-corrected chi connectivity index (χ3v) is 7.40. The fourth-order valence-electron chi connectivity index (χ4n) is 4.27. The third-order valence-electron chi connectivity index (χ3n) is 6.57. The van der Waals surface area contributed by atoms with E-state index in [1.807, 2.05) is 5.01 Å². The lowest BCUT2D eigenvalue weighted by atomic mass is 9.95. The molecule has 1 aromatic heterocycles. The summed E-state index contributed by atoms with van der Waals surface area (Å²) in [4.78, 5) is 4.97. The van der Waals surface area contributed by atoms with Gasteiger partial charge in [-0.2, -0.15) is 5.10 Å². The summed E-state index contributed by atoms with van der Waals surface area (Å²) in [5.74, 6) is 0.247. The Kier molecular flexibility index (Phi) is 7.53. The average Bonchev–Trinajstić information content (AvgIpc) is 3.49. The molecule has 0 radical (unpaired) electrons. The van der Waals surface area contributed by atoms with Crippen molar-refractivity contribution in [3.63, 3.8) is 0 Å². The van der Waals surface area contributed by atoms with E-state index in [0.29, 0.717) is 5.92 Å². The van der Waals surface area contributed by atoms with E-state index in [-0.39, 0.29) is 28.8 Å². The molecule has 0 saturated carbocycles. The van der Waals surface area contributed by atoms with Crippen LogP contribution >= 0.6 is 28.3 Å². The molecule has 0 spiro atoms. The molecule has 35 heavy (non-hydrogen) atoms. The Morgan fingerprint density at radius 3 is 2.26 bits per heavy atom. The van der Waals surface area contributed by atoms with Crippen molar-refractivity contribution >= 4 is 39.2 Å². The van der Waals surface area contributed by atoms with Gasteiger partial charge in [0, 0.05) is 17.4 Å². The molecule has 4 aromatic rings. The van der Waals surface area contributed by atoms with Crippen molar-refractivity contribution in [2.24, 2.45) is 5.10 Å². The van der Waals surface area contributed by atoms with E-state index in [1.54, 1.807) is 23.5 Å². The van der Waals surface area contributed by atoms with E-state index >= 15 is 0 Å². The summed E-state index contributed by atoms with van der Waals surface area (Å²) in [7, 11) is 0. The maximum Gasteiger partial charge on any atom is 0.207 e. The monoisotopic (exact) mass is 549 g/mol. The van der Waals surface area contributed by atoms with E-state index in [4.69, 9.17) is 10.1 Å². The van der Waals surface area contributed by atoms with Gasteiger partial charge in [0.2, 0.25) is 5.13 Å². The van der Waals surface area contributed by atoms with E-state index < -0.39 is 0 Å². The van der Waals surface area contributed by atoms with E-state index in [2.05, 4.69) is 75.5 Å². The van der Waals surface area contributed by atoms with Crippen LogP contribution in [0.1, 0.15) is 60.0 Å². The highest BCUT2D eigenvalue weighted by Crippen LogP contribution is 2.40. The molecular weight excluding hydrogens is 521 g/mol. The number of rotatable bonds is 5. The molecule has 0 fully saturated rings. The number of aromatic nitrogens is 1. The summed E-state index contributed by atoms with van der Waals surface area (Å²) >= 11 is 1.61. The second-order valence-electron chi connectivity index (χ2n) is 9.25. The second kappa shape index (κ2) is 10.4. The molecule has 1 aliphatic heterocycles. The molecule has 0 N–H and O–H groups in total. The molecule has 2 heterocycles. The lowest BCUT2D eigenvalue weighted by Crippen LogP contribution is -2.18. The molecule has 0 bridgehead atoms. The van der Waals surface area contributed by atoms with Gasteiger partial charge in [0.15, 0.2) is 0 Å². The highest BCUT2D eigenvalue weighted by Gasteiger charge is 2.32. The van der Waals surface area contributed by atoms with Crippen molar-refractivity contribution in [2.75, 3.05) is 5.01 Å². The first kappa shape index (κ1) is 25.3. The van der Waals surface area contributed by atoms with Gasteiger partial charge in [0.1, 0.15) is 5.82 Å². The van der Waals surface area contributed by atoms with Gasteiger partial charge in [0.25, 0.3) is 0 Å². The van der Waals surface area contributed by atoms with Crippen LogP contribution in [0, 0.1) is 19.7 Å². The molecule has 1 aliphatic rings. The number of halogens is 2. The largest absolute Gasteiger partial charge is 0.231 e. The van der Waals surface area contributed by atoms with E-state index in [9.17, 15) is 4.39 Å². The van der Waals surface area contributed by atoms with Gasteiger partial charge in [0.05, 0.1) is 17.4 Å². The molecule has 0 saturated heterocycles. The zero-order valence-corrected chi connectivity index (χ0v) is 22.9. The number of benzene rings is 3. The van der Waals surface area contributed by atoms with E-state index in [1.165, 1.54) is 34.4 Å². The van der Waals surface area contributed by atoms with Crippen molar-refractivity contribution in [2.45, 2.75) is 46.1 Å².